The SMILES string of the molecule is CCn1c2ccccc2c2ccccc21.Nc1ccc2c(=O)c2c1. The van der Waals surface area contributed by atoms with Gasteiger partial charge in [-0.1, -0.05) is 36.4 Å². The molecule has 0 unspecified atom stereocenters. The first kappa shape index (κ1) is 14.5. The van der Waals surface area contributed by atoms with E-state index in [0.717, 1.165) is 17.3 Å². The van der Waals surface area contributed by atoms with Crippen LogP contribution in [-0.4, -0.2) is 4.57 Å². The Kier molecular flexibility index (Phi) is 3.35. The third-order valence-electron chi connectivity index (χ3n) is 4.47. The van der Waals surface area contributed by atoms with Gasteiger partial charge in [0, 0.05) is 44.8 Å². The lowest BCUT2D eigenvalue weighted by Crippen LogP contribution is -1.91. The average Bonchev–Trinajstić information content (AvgIpc) is 3.13. The Bertz CT molecular complexity index is 1120. The van der Waals surface area contributed by atoms with Crippen molar-refractivity contribution in [3.63, 3.8) is 0 Å². The fraction of sp³-hybridized carbons (Fsp3) is 0.0952. The number of aryl methyl sites for hydroxylation is 1. The normalized spacial score (nSPS) is 11.2. The number of rotatable bonds is 1. The van der Waals surface area contributed by atoms with Crippen LogP contribution in [0, 0.1) is 0 Å². The number of nitrogens with zero attached hydrogens (tertiary/aromatic N) is 1. The van der Waals surface area contributed by atoms with E-state index < -0.39 is 0 Å². The van der Waals surface area contributed by atoms with Crippen LogP contribution in [0.5, 0.6) is 0 Å². The summed E-state index contributed by atoms with van der Waals surface area (Å²) >= 11 is 0. The van der Waals surface area contributed by atoms with Crippen molar-refractivity contribution in [2.45, 2.75) is 13.5 Å². The van der Waals surface area contributed by atoms with E-state index in [1.807, 2.05) is 0 Å². The zero-order valence-corrected chi connectivity index (χ0v) is 13.5. The molecule has 0 saturated carbocycles. The number of hydrogen-bond donors (Lipinski definition) is 1. The molecule has 2 N–H and O–H groups in total. The first-order valence-electron chi connectivity index (χ1n) is 8.11. The summed E-state index contributed by atoms with van der Waals surface area (Å²) in [6, 6.07) is 22.4. The molecule has 0 aliphatic heterocycles. The molecular weight excluding hydrogens is 296 g/mol. The van der Waals surface area contributed by atoms with E-state index in [1.54, 1.807) is 18.2 Å². The van der Waals surface area contributed by atoms with Gasteiger partial charge >= 0.3 is 0 Å². The molecule has 0 spiro atoms. The number of nitrogen functional groups attached to an aromatic ring is 1. The van der Waals surface area contributed by atoms with Crippen LogP contribution in [0.2, 0.25) is 0 Å². The average molecular weight is 314 g/mol. The molecule has 3 heteroatoms. The van der Waals surface area contributed by atoms with Gasteiger partial charge in [0.15, 0.2) is 5.43 Å². The number of fused-ring (bicyclic) bond motifs is 4. The third kappa shape index (κ3) is 2.26. The maximum Gasteiger partial charge on any atom is 0.194 e. The molecule has 5 rings (SSSR count). The lowest BCUT2D eigenvalue weighted by atomic mass is 10.2. The van der Waals surface area contributed by atoms with Crippen molar-refractivity contribution in [2.75, 3.05) is 5.73 Å². The minimum absolute atomic E-state index is 0.145. The number of benzene rings is 3. The lowest BCUT2D eigenvalue weighted by Gasteiger charge is -2.01. The van der Waals surface area contributed by atoms with Crippen molar-refractivity contribution >= 4 is 38.3 Å². The molecule has 0 atom stereocenters. The molecule has 0 bridgehead atoms. The molecule has 4 aromatic carbocycles. The van der Waals surface area contributed by atoms with Gasteiger partial charge in [0.1, 0.15) is 0 Å². The van der Waals surface area contributed by atoms with Crippen LogP contribution in [0.4, 0.5) is 5.69 Å². The highest BCUT2D eigenvalue weighted by Crippen LogP contribution is 2.28. The smallest absolute Gasteiger partial charge is 0.194 e. The molecule has 0 amide bonds. The summed E-state index contributed by atoms with van der Waals surface area (Å²) in [5.41, 5.74) is 8.88. The summed E-state index contributed by atoms with van der Waals surface area (Å²) in [4.78, 5) is 10.6. The van der Waals surface area contributed by atoms with Crippen LogP contribution in [0.1, 0.15) is 6.92 Å². The molecule has 0 aliphatic rings. The molecule has 118 valence electrons. The van der Waals surface area contributed by atoms with Gasteiger partial charge in [0.25, 0.3) is 0 Å². The number of para-hydroxylation sites is 2. The van der Waals surface area contributed by atoms with Crippen LogP contribution >= 0.6 is 0 Å². The van der Waals surface area contributed by atoms with E-state index in [0.29, 0.717) is 5.69 Å². The van der Waals surface area contributed by atoms with Crippen LogP contribution in [0.3, 0.4) is 0 Å². The van der Waals surface area contributed by atoms with Gasteiger partial charge in [-0.25, -0.2) is 0 Å². The zero-order chi connectivity index (χ0) is 16.7. The van der Waals surface area contributed by atoms with E-state index in [4.69, 9.17) is 5.73 Å². The van der Waals surface area contributed by atoms with E-state index >= 15 is 0 Å². The van der Waals surface area contributed by atoms with Crippen LogP contribution in [-0.2, 0) is 6.54 Å². The standard InChI is InChI=1S/C14H13N.C7H5NO/c1-2-15-13-9-5-3-7-11(13)12-8-4-6-10-14(12)15;8-4-1-2-5-6(3-4)7(5)9/h3-10H,2H2,1H3;1-3H,8H2. The minimum Gasteiger partial charge on any atom is -0.399 e. The highest BCUT2D eigenvalue weighted by atomic mass is 16.1. The lowest BCUT2D eigenvalue weighted by molar-refractivity contribution is 0.827. The van der Waals surface area contributed by atoms with E-state index in [1.165, 1.54) is 21.8 Å². The van der Waals surface area contributed by atoms with Crippen molar-refractivity contribution in [2.24, 2.45) is 0 Å². The molecule has 0 saturated heterocycles. The van der Waals surface area contributed by atoms with Gasteiger partial charge in [0.05, 0.1) is 0 Å². The van der Waals surface area contributed by atoms with Crippen LogP contribution < -0.4 is 11.2 Å². The second kappa shape index (κ2) is 5.53. The van der Waals surface area contributed by atoms with Gasteiger partial charge < -0.3 is 10.3 Å². The van der Waals surface area contributed by atoms with Gasteiger partial charge in [-0.15, -0.1) is 0 Å². The fourth-order valence-corrected chi connectivity index (χ4v) is 3.25. The highest BCUT2D eigenvalue weighted by Gasteiger charge is 2.10. The Morgan fingerprint density at radius 3 is 1.88 bits per heavy atom. The number of aromatic nitrogens is 1. The summed E-state index contributed by atoms with van der Waals surface area (Å²) in [6.07, 6.45) is 0. The summed E-state index contributed by atoms with van der Waals surface area (Å²) in [5.74, 6) is 0. The van der Waals surface area contributed by atoms with Crippen LogP contribution in [0.15, 0.2) is 71.5 Å². The predicted octanol–water partition coefficient (Wildman–Crippen LogP) is 4.47. The molecule has 24 heavy (non-hydrogen) atoms. The summed E-state index contributed by atoms with van der Waals surface area (Å²) < 4.78 is 2.37. The van der Waals surface area contributed by atoms with Gasteiger partial charge in [-0.2, -0.15) is 0 Å². The largest absolute Gasteiger partial charge is 0.399 e. The first-order chi connectivity index (χ1) is 11.7. The van der Waals surface area contributed by atoms with Crippen molar-refractivity contribution in [3.8, 4) is 0 Å². The fourth-order valence-electron chi connectivity index (χ4n) is 3.25. The maximum absolute atomic E-state index is 10.6. The van der Waals surface area contributed by atoms with Crippen molar-refractivity contribution in [3.05, 3.63) is 77.0 Å². The van der Waals surface area contributed by atoms with Crippen molar-refractivity contribution in [1.29, 1.82) is 0 Å². The van der Waals surface area contributed by atoms with E-state index in [-0.39, 0.29) is 5.43 Å². The van der Waals surface area contributed by atoms with Crippen molar-refractivity contribution < 1.29 is 0 Å². The third-order valence-corrected chi connectivity index (χ3v) is 4.47. The molecule has 5 aromatic rings. The minimum atomic E-state index is 0.145. The second-order valence-electron chi connectivity index (χ2n) is 5.91. The van der Waals surface area contributed by atoms with Gasteiger partial charge in [-0.3, -0.25) is 4.79 Å². The molecule has 0 fully saturated rings. The number of nitrogens with two attached hydrogens (primary N) is 1. The van der Waals surface area contributed by atoms with Crippen LogP contribution in [0.25, 0.3) is 32.6 Å². The predicted molar refractivity (Wildman–Crippen MR) is 102 cm³/mol. The summed E-state index contributed by atoms with van der Waals surface area (Å²) in [7, 11) is 0. The second-order valence-corrected chi connectivity index (χ2v) is 5.91. The Labute approximate surface area is 139 Å². The van der Waals surface area contributed by atoms with Gasteiger partial charge in [-0.05, 0) is 37.3 Å². The van der Waals surface area contributed by atoms with E-state index in [2.05, 4.69) is 60.0 Å². The molecular formula is C21H18N2O. The van der Waals surface area contributed by atoms with Crippen molar-refractivity contribution in [1.82, 2.24) is 4.57 Å². The molecule has 1 aromatic heterocycles. The molecule has 0 aliphatic carbocycles. The number of anilines is 1. The maximum atomic E-state index is 10.6. The molecule has 0 radical (unpaired) electrons. The van der Waals surface area contributed by atoms with E-state index in [9.17, 15) is 4.79 Å². The Morgan fingerprint density at radius 1 is 0.792 bits per heavy atom. The number of hydrogen-bond acceptors (Lipinski definition) is 2. The molecule has 3 nitrogen and oxygen atoms in total. The zero-order valence-electron chi connectivity index (χ0n) is 13.5. The summed E-state index contributed by atoms with van der Waals surface area (Å²) in [5, 5.41) is 4.32. The first-order valence-corrected chi connectivity index (χ1v) is 8.11. The Balaban J connectivity index is 0.000000138. The Morgan fingerprint density at radius 2 is 1.38 bits per heavy atom. The van der Waals surface area contributed by atoms with Gasteiger partial charge in [0.2, 0.25) is 0 Å². The molecule has 1 heterocycles. The topological polar surface area (TPSA) is 48.0 Å². The Hall–Kier alpha value is -3.07. The highest BCUT2D eigenvalue weighted by molar-refractivity contribution is 6.07. The quantitative estimate of drug-likeness (QED) is 0.464. The summed E-state index contributed by atoms with van der Waals surface area (Å²) in [6.45, 7) is 3.22. The monoisotopic (exact) mass is 314 g/mol.